The van der Waals surface area contributed by atoms with Gasteiger partial charge in [-0.25, -0.2) is 4.39 Å². The number of phenols is 1. The van der Waals surface area contributed by atoms with E-state index in [1.165, 1.54) is 30.3 Å². The van der Waals surface area contributed by atoms with Crippen LogP contribution < -0.4 is 5.32 Å². The Balaban J connectivity index is 2.25. The van der Waals surface area contributed by atoms with Crippen molar-refractivity contribution in [3.63, 3.8) is 0 Å². The van der Waals surface area contributed by atoms with Gasteiger partial charge in [-0.3, -0.25) is 4.79 Å². The summed E-state index contributed by atoms with van der Waals surface area (Å²) >= 11 is 0. The molecule has 2 rings (SSSR count). The van der Waals surface area contributed by atoms with Crippen molar-refractivity contribution < 1.29 is 14.3 Å². The quantitative estimate of drug-likeness (QED) is 0.868. The van der Waals surface area contributed by atoms with E-state index in [0.29, 0.717) is 11.1 Å². The first-order chi connectivity index (χ1) is 8.97. The van der Waals surface area contributed by atoms with E-state index in [0.717, 1.165) is 5.56 Å². The molecule has 3 nitrogen and oxygen atoms in total. The SMILES string of the molecule is Cc1ccc(NC(=O)c2ccc(O)cc2C)c(F)c1. The first kappa shape index (κ1) is 13.1. The molecule has 2 aromatic rings. The van der Waals surface area contributed by atoms with Crippen molar-refractivity contribution >= 4 is 11.6 Å². The Morgan fingerprint density at radius 3 is 2.53 bits per heavy atom. The van der Waals surface area contributed by atoms with Crippen LogP contribution in [0.4, 0.5) is 10.1 Å². The number of hydrogen-bond donors (Lipinski definition) is 2. The predicted octanol–water partition coefficient (Wildman–Crippen LogP) is 3.40. The Kier molecular flexibility index (Phi) is 3.51. The van der Waals surface area contributed by atoms with Gasteiger partial charge in [0.05, 0.1) is 5.69 Å². The van der Waals surface area contributed by atoms with Crippen LogP contribution >= 0.6 is 0 Å². The van der Waals surface area contributed by atoms with E-state index in [2.05, 4.69) is 5.32 Å². The molecule has 4 heteroatoms. The number of nitrogens with one attached hydrogen (secondary N) is 1. The molecule has 98 valence electrons. The predicted molar refractivity (Wildman–Crippen MR) is 71.9 cm³/mol. The third-order valence-electron chi connectivity index (χ3n) is 2.83. The molecule has 19 heavy (non-hydrogen) atoms. The topological polar surface area (TPSA) is 49.3 Å². The number of aryl methyl sites for hydroxylation is 2. The van der Waals surface area contributed by atoms with Gasteiger partial charge < -0.3 is 10.4 Å². The van der Waals surface area contributed by atoms with Gasteiger partial charge in [0.1, 0.15) is 11.6 Å². The van der Waals surface area contributed by atoms with Gasteiger partial charge >= 0.3 is 0 Å². The lowest BCUT2D eigenvalue weighted by atomic mass is 10.1. The van der Waals surface area contributed by atoms with Crippen LogP contribution in [0.15, 0.2) is 36.4 Å². The maximum Gasteiger partial charge on any atom is 0.256 e. The molecule has 0 spiro atoms. The van der Waals surface area contributed by atoms with Gasteiger partial charge in [-0.05, 0) is 55.3 Å². The van der Waals surface area contributed by atoms with E-state index < -0.39 is 11.7 Å². The number of hydrogen-bond acceptors (Lipinski definition) is 2. The Labute approximate surface area is 110 Å². The van der Waals surface area contributed by atoms with E-state index in [9.17, 15) is 14.3 Å². The zero-order chi connectivity index (χ0) is 14.0. The van der Waals surface area contributed by atoms with Crippen molar-refractivity contribution in [2.45, 2.75) is 13.8 Å². The summed E-state index contributed by atoms with van der Waals surface area (Å²) in [6.45, 7) is 3.49. The van der Waals surface area contributed by atoms with E-state index >= 15 is 0 Å². The molecule has 0 aliphatic heterocycles. The van der Waals surface area contributed by atoms with Gasteiger partial charge in [-0.15, -0.1) is 0 Å². The minimum atomic E-state index is -0.468. The molecule has 0 aromatic heterocycles. The van der Waals surface area contributed by atoms with E-state index in [4.69, 9.17) is 0 Å². The Morgan fingerprint density at radius 2 is 1.89 bits per heavy atom. The number of rotatable bonds is 2. The first-order valence-electron chi connectivity index (χ1n) is 5.84. The normalized spacial score (nSPS) is 10.3. The summed E-state index contributed by atoms with van der Waals surface area (Å²) in [6.07, 6.45) is 0. The second kappa shape index (κ2) is 5.10. The summed E-state index contributed by atoms with van der Waals surface area (Å²) < 4.78 is 13.6. The number of carbonyl (C=O) groups is 1. The third-order valence-corrected chi connectivity index (χ3v) is 2.83. The molecule has 0 aliphatic carbocycles. The van der Waals surface area contributed by atoms with Crippen LogP contribution in [-0.2, 0) is 0 Å². The number of carbonyl (C=O) groups excluding carboxylic acids is 1. The van der Waals surface area contributed by atoms with Gasteiger partial charge in [-0.1, -0.05) is 6.07 Å². The second-order valence-electron chi connectivity index (χ2n) is 4.44. The van der Waals surface area contributed by atoms with Crippen molar-refractivity contribution in [3.8, 4) is 5.75 Å². The maximum absolute atomic E-state index is 13.6. The molecule has 0 fully saturated rings. The number of halogens is 1. The zero-order valence-electron chi connectivity index (χ0n) is 10.7. The summed E-state index contributed by atoms with van der Waals surface area (Å²) in [6, 6.07) is 9.03. The lowest BCUT2D eigenvalue weighted by Gasteiger charge is -2.09. The van der Waals surface area contributed by atoms with Crippen molar-refractivity contribution in [1.29, 1.82) is 0 Å². The minimum Gasteiger partial charge on any atom is -0.508 e. The Hall–Kier alpha value is -2.36. The molecule has 0 unspecified atom stereocenters. The Bertz CT molecular complexity index is 638. The molecule has 0 saturated heterocycles. The highest BCUT2D eigenvalue weighted by atomic mass is 19.1. The molecule has 1 amide bonds. The van der Waals surface area contributed by atoms with Crippen LogP contribution in [0.3, 0.4) is 0 Å². The monoisotopic (exact) mass is 259 g/mol. The summed E-state index contributed by atoms with van der Waals surface area (Å²) in [5.74, 6) is -0.777. The largest absolute Gasteiger partial charge is 0.508 e. The first-order valence-corrected chi connectivity index (χ1v) is 5.84. The Morgan fingerprint density at radius 1 is 1.16 bits per heavy atom. The van der Waals surface area contributed by atoms with Crippen molar-refractivity contribution in [2.75, 3.05) is 5.32 Å². The number of phenolic OH excluding ortho intramolecular Hbond substituents is 1. The number of benzene rings is 2. The zero-order valence-corrected chi connectivity index (χ0v) is 10.7. The van der Waals surface area contributed by atoms with Gasteiger partial charge in [0.15, 0.2) is 0 Å². The molecule has 2 N–H and O–H groups in total. The van der Waals surface area contributed by atoms with Crippen LogP contribution in [0.25, 0.3) is 0 Å². The smallest absolute Gasteiger partial charge is 0.256 e. The molecule has 0 heterocycles. The van der Waals surface area contributed by atoms with Crippen LogP contribution in [0.1, 0.15) is 21.5 Å². The minimum absolute atomic E-state index is 0.0931. The summed E-state index contributed by atoms with van der Waals surface area (Å²) in [5, 5.41) is 11.8. The molecule has 2 aromatic carbocycles. The fourth-order valence-electron chi connectivity index (χ4n) is 1.81. The average Bonchev–Trinajstić information content (AvgIpc) is 2.32. The van der Waals surface area contributed by atoms with Crippen LogP contribution in [0.5, 0.6) is 5.75 Å². The van der Waals surface area contributed by atoms with Crippen molar-refractivity contribution in [3.05, 3.63) is 58.9 Å². The van der Waals surface area contributed by atoms with E-state index in [1.54, 1.807) is 19.9 Å². The van der Waals surface area contributed by atoms with Gasteiger partial charge in [0, 0.05) is 5.56 Å². The van der Waals surface area contributed by atoms with Crippen LogP contribution in [-0.4, -0.2) is 11.0 Å². The van der Waals surface area contributed by atoms with Gasteiger partial charge in [-0.2, -0.15) is 0 Å². The molecule has 0 bridgehead atoms. The lowest BCUT2D eigenvalue weighted by Crippen LogP contribution is -2.14. The van der Waals surface area contributed by atoms with Crippen LogP contribution in [0.2, 0.25) is 0 Å². The van der Waals surface area contributed by atoms with E-state index in [-0.39, 0.29) is 11.4 Å². The fourth-order valence-corrected chi connectivity index (χ4v) is 1.81. The third kappa shape index (κ3) is 2.91. The number of amides is 1. The molecular weight excluding hydrogens is 245 g/mol. The standard InChI is InChI=1S/C15H14FNO2/c1-9-3-6-14(13(16)7-9)17-15(19)12-5-4-11(18)8-10(12)2/h3-8,18H,1-2H3,(H,17,19). The lowest BCUT2D eigenvalue weighted by molar-refractivity contribution is 0.102. The molecule has 0 saturated carbocycles. The van der Waals surface area contributed by atoms with E-state index in [1.807, 2.05) is 0 Å². The summed E-state index contributed by atoms with van der Waals surface area (Å²) in [5.41, 5.74) is 1.96. The molecule has 0 radical (unpaired) electrons. The highest BCUT2D eigenvalue weighted by molar-refractivity contribution is 6.05. The molecule has 0 aliphatic rings. The molecular formula is C15H14FNO2. The maximum atomic E-state index is 13.6. The van der Waals surface area contributed by atoms with Crippen molar-refractivity contribution in [1.82, 2.24) is 0 Å². The molecule has 0 atom stereocenters. The fraction of sp³-hybridized carbons (Fsp3) is 0.133. The second-order valence-corrected chi connectivity index (χ2v) is 4.44. The van der Waals surface area contributed by atoms with Crippen LogP contribution in [0, 0.1) is 19.7 Å². The summed E-state index contributed by atoms with van der Waals surface area (Å²) in [4.78, 5) is 12.0. The average molecular weight is 259 g/mol. The number of aromatic hydroxyl groups is 1. The number of anilines is 1. The highest BCUT2D eigenvalue weighted by Gasteiger charge is 2.12. The van der Waals surface area contributed by atoms with Crippen molar-refractivity contribution in [2.24, 2.45) is 0 Å². The van der Waals surface area contributed by atoms with Gasteiger partial charge in [0.25, 0.3) is 5.91 Å². The van der Waals surface area contributed by atoms with Gasteiger partial charge in [0.2, 0.25) is 0 Å². The summed E-state index contributed by atoms with van der Waals surface area (Å²) in [7, 11) is 0. The highest BCUT2D eigenvalue weighted by Crippen LogP contribution is 2.19.